The van der Waals surface area contributed by atoms with Gasteiger partial charge >= 0.3 is 11.9 Å². The topological polar surface area (TPSA) is 208 Å². The van der Waals surface area contributed by atoms with Gasteiger partial charge in [0, 0.05) is 24.9 Å². The smallest absolute Gasteiger partial charge is 0.326 e. The predicted molar refractivity (Wildman–Crippen MR) is 118 cm³/mol. The Bertz CT molecular complexity index is 888. The minimum Gasteiger partial charge on any atom is -0.481 e. The molecule has 2 rings (SSSR count). The van der Waals surface area contributed by atoms with Crippen molar-refractivity contribution >= 4 is 29.7 Å². The molecule has 1 aliphatic heterocycles. The summed E-state index contributed by atoms with van der Waals surface area (Å²) >= 11 is 0. The van der Waals surface area contributed by atoms with Crippen LogP contribution in [0.4, 0.5) is 0 Å². The number of carbonyl (C=O) groups is 5. The minimum absolute atomic E-state index is 0.00937. The maximum Gasteiger partial charge on any atom is 0.326 e. The third kappa shape index (κ3) is 7.54. The molecule has 4 unspecified atom stereocenters. The summed E-state index contributed by atoms with van der Waals surface area (Å²) in [5.41, 5.74) is 6.23. The van der Waals surface area contributed by atoms with Crippen LogP contribution in [-0.4, -0.2) is 85.5 Å². The van der Waals surface area contributed by atoms with Crippen molar-refractivity contribution in [2.24, 2.45) is 11.7 Å². The number of carboxylic acids is 2. The van der Waals surface area contributed by atoms with Crippen LogP contribution in [0.5, 0.6) is 0 Å². The van der Waals surface area contributed by atoms with E-state index in [0.717, 1.165) is 0 Å². The number of aliphatic carboxylic acids is 2. The Morgan fingerprint density at radius 2 is 1.91 bits per heavy atom. The van der Waals surface area contributed by atoms with Crippen LogP contribution in [0, 0.1) is 5.92 Å². The lowest BCUT2D eigenvalue weighted by atomic mass is 10.0. The molecule has 1 aromatic rings. The Kier molecular flexibility index (Phi) is 9.54. The van der Waals surface area contributed by atoms with Gasteiger partial charge in [-0.1, -0.05) is 13.8 Å². The SMILES string of the molecule is CC(C)CC(NC(=O)C(Cc1cnc[nH]1)NC(=O)C1CCCN1C(=O)C(N)CC(=O)O)C(=O)O. The lowest BCUT2D eigenvalue weighted by Crippen LogP contribution is -2.57. The molecule has 0 spiro atoms. The van der Waals surface area contributed by atoms with Crippen molar-refractivity contribution in [1.82, 2.24) is 25.5 Å². The third-order valence-corrected chi connectivity index (χ3v) is 5.48. The largest absolute Gasteiger partial charge is 0.481 e. The van der Waals surface area contributed by atoms with E-state index in [1.807, 2.05) is 13.8 Å². The summed E-state index contributed by atoms with van der Waals surface area (Å²) < 4.78 is 0. The van der Waals surface area contributed by atoms with Crippen molar-refractivity contribution < 1.29 is 34.2 Å². The third-order valence-electron chi connectivity index (χ3n) is 5.48. The highest BCUT2D eigenvalue weighted by atomic mass is 16.4. The number of amides is 3. The molecular formula is C21H32N6O7. The molecule has 1 saturated heterocycles. The molecule has 0 radical (unpaired) electrons. The van der Waals surface area contributed by atoms with Crippen molar-refractivity contribution in [2.75, 3.05) is 6.54 Å². The highest BCUT2D eigenvalue weighted by Crippen LogP contribution is 2.19. The number of likely N-dealkylation sites (tertiary alicyclic amines) is 1. The maximum atomic E-state index is 13.1. The fraction of sp³-hybridized carbons (Fsp3) is 0.619. The number of imidazole rings is 1. The summed E-state index contributed by atoms with van der Waals surface area (Å²) in [5, 5.41) is 23.4. The van der Waals surface area contributed by atoms with Gasteiger partial charge in [-0.25, -0.2) is 9.78 Å². The number of carboxylic acid groups (broad SMARTS) is 2. The molecule has 0 aliphatic carbocycles. The summed E-state index contributed by atoms with van der Waals surface area (Å²) in [6.07, 6.45) is 3.37. The van der Waals surface area contributed by atoms with E-state index in [2.05, 4.69) is 20.6 Å². The number of nitrogens with one attached hydrogen (secondary N) is 3. The zero-order chi connectivity index (χ0) is 25.4. The lowest BCUT2D eigenvalue weighted by Gasteiger charge is -2.28. The number of carbonyl (C=O) groups excluding carboxylic acids is 3. The maximum absolute atomic E-state index is 13.1. The van der Waals surface area contributed by atoms with Gasteiger partial charge in [0.25, 0.3) is 0 Å². The van der Waals surface area contributed by atoms with Gasteiger partial charge in [0.2, 0.25) is 17.7 Å². The van der Waals surface area contributed by atoms with E-state index >= 15 is 0 Å². The number of aromatic amines is 1. The van der Waals surface area contributed by atoms with Gasteiger partial charge in [0.15, 0.2) is 0 Å². The number of hydrogen-bond donors (Lipinski definition) is 6. The Hall–Kier alpha value is -3.48. The van der Waals surface area contributed by atoms with E-state index in [1.165, 1.54) is 17.4 Å². The molecule has 1 fully saturated rings. The first-order valence-electron chi connectivity index (χ1n) is 11.1. The van der Waals surface area contributed by atoms with Crippen molar-refractivity contribution in [2.45, 2.75) is 70.1 Å². The molecular weight excluding hydrogens is 448 g/mol. The number of hydrogen-bond acceptors (Lipinski definition) is 7. The second-order valence-electron chi connectivity index (χ2n) is 8.77. The number of nitrogens with zero attached hydrogens (tertiary/aromatic N) is 2. The molecule has 34 heavy (non-hydrogen) atoms. The number of nitrogens with two attached hydrogens (primary N) is 1. The first kappa shape index (κ1) is 26.8. The quantitative estimate of drug-likeness (QED) is 0.213. The van der Waals surface area contributed by atoms with Crippen LogP contribution in [0.1, 0.15) is 45.2 Å². The van der Waals surface area contributed by atoms with Crippen LogP contribution >= 0.6 is 0 Å². The van der Waals surface area contributed by atoms with E-state index in [9.17, 15) is 29.1 Å². The molecule has 2 heterocycles. The summed E-state index contributed by atoms with van der Waals surface area (Å²) in [7, 11) is 0. The molecule has 1 aromatic heterocycles. The highest BCUT2D eigenvalue weighted by Gasteiger charge is 2.38. The highest BCUT2D eigenvalue weighted by molar-refractivity contribution is 5.95. The second kappa shape index (κ2) is 12.1. The van der Waals surface area contributed by atoms with E-state index in [0.29, 0.717) is 18.5 Å². The monoisotopic (exact) mass is 480 g/mol. The van der Waals surface area contributed by atoms with Crippen LogP contribution in [0.25, 0.3) is 0 Å². The number of aromatic nitrogens is 2. The first-order chi connectivity index (χ1) is 16.0. The molecule has 1 aliphatic rings. The van der Waals surface area contributed by atoms with Crippen LogP contribution < -0.4 is 16.4 Å². The van der Waals surface area contributed by atoms with Crippen LogP contribution in [0.15, 0.2) is 12.5 Å². The molecule has 13 nitrogen and oxygen atoms in total. The van der Waals surface area contributed by atoms with E-state index in [-0.39, 0.29) is 25.3 Å². The van der Waals surface area contributed by atoms with Gasteiger partial charge in [-0.2, -0.15) is 0 Å². The molecule has 4 atom stereocenters. The number of H-pyrrole nitrogens is 1. The molecule has 0 aromatic carbocycles. The van der Waals surface area contributed by atoms with Crippen LogP contribution in [0.2, 0.25) is 0 Å². The van der Waals surface area contributed by atoms with Gasteiger partial charge in [-0.3, -0.25) is 19.2 Å². The average molecular weight is 481 g/mol. The van der Waals surface area contributed by atoms with Gasteiger partial charge in [-0.05, 0) is 25.2 Å². The fourth-order valence-corrected chi connectivity index (χ4v) is 3.85. The van der Waals surface area contributed by atoms with Crippen LogP contribution in [0.3, 0.4) is 0 Å². The van der Waals surface area contributed by atoms with E-state index in [1.54, 1.807) is 0 Å². The van der Waals surface area contributed by atoms with E-state index in [4.69, 9.17) is 10.8 Å². The lowest BCUT2D eigenvalue weighted by molar-refractivity contribution is -0.144. The van der Waals surface area contributed by atoms with Gasteiger partial charge in [-0.15, -0.1) is 0 Å². The molecule has 13 heteroatoms. The van der Waals surface area contributed by atoms with Crippen molar-refractivity contribution in [3.8, 4) is 0 Å². The zero-order valence-electron chi connectivity index (χ0n) is 19.2. The van der Waals surface area contributed by atoms with Crippen molar-refractivity contribution in [1.29, 1.82) is 0 Å². The summed E-state index contributed by atoms with van der Waals surface area (Å²) in [5.74, 6) is -4.36. The average Bonchev–Trinajstić information content (AvgIpc) is 3.43. The first-order valence-corrected chi connectivity index (χ1v) is 11.1. The number of rotatable bonds is 12. The van der Waals surface area contributed by atoms with Gasteiger partial charge in [0.1, 0.15) is 18.1 Å². The molecule has 0 saturated carbocycles. The zero-order valence-corrected chi connectivity index (χ0v) is 19.2. The van der Waals surface area contributed by atoms with Crippen molar-refractivity contribution in [3.05, 3.63) is 18.2 Å². The Balaban J connectivity index is 2.15. The second-order valence-corrected chi connectivity index (χ2v) is 8.77. The van der Waals surface area contributed by atoms with Gasteiger partial charge < -0.3 is 36.5 Å². The summed E-state index contributed by atoms with van der Waals surface area (Å²) in [4.78, 5) is 69.1. The van der Waals surface area contributed by atoms with Crippen LogP contribution in [-0.2, 0) is 30.4 Å². The van der Waals surface area contributed by atoms with Crippen molar-refractivity contribution in [3.63, 3.8) is 0 Å². The Morgan fingerprint density at radius 3 is 2.47 bits per heavy atom. The normalized spacial score (nSPS) is 18.2. The molecule has 0 bridgehead atoms. The Labute approximate surface area is 196 Å². The van der Waals surface area contributed by atoms with Gasteiger partial charge in [0.05, 0.1) is 18.8 Å². The standard InChI is InChI=1S/C21H32N6O7/c1-11(2)6-15(21(33)34)26-18(30)14(7-12-9-23-10-24-12)25-19(31)16-4-3-5-27(16)20(32)13(22)8-17(28)29/h9-11,13-16H,3-8,22H2,1-2H3,(H,23,24)(H,25,31)(H,26,30)(H,28,29)(H,33,34). The van der Waals surface area contributed by atoms with E-state index < -0.39 is 60.2 Å². The minimum atomic E-state index is -1.29. The summed E-state index contributed by atoms with van der Waals surface area (Å²) in [6, 6.07) is -4.47. The molecule has 188 valence electrons. The fourth-order valence-electron chi connectivity index (χ4n) is 3.85. The summed E-state index contributed by atoms with van der Waals surface area (Å²) in [6.45, 7) is 3.89. The predicted octanol–water partition coefficient (Wildman–Crippen LogP) is -1.15. The molecule has 7 N–H and O–H groups in total. The Morgan fingerprint density at radius 1 is 1.21 bits per heavy atom. The molecule has 3 amide bonds.